The molecule has 0 saturated heterocycles. The minimum Gasteiger partial charge on any atom is -0.497 e. The lowest BCUT2D eigenvalue weighted by Gasteiger charge is -2.34. The van der Waals surface area contributed by atoms with Gasteiger partial charge in [0.1, 0.15) is 5.75 Å². The van der Waals surface area contributed by atoms with Crippen LogP contribution in [-0.2, 0) is 0 Å². The second-order valence-corrected chi connectivity index (χ2v) is 5.29. The summed E-state index contributed by atoms with van der Waals surface area (Å²) in [7, 11) is 5.49. The molecule has 2 rings (SSSR count). The van der Waals surface area contributed by atoms with E-state index in [0.717, 1.165) is 17.0 Å². The average molecular weight is 300 g/mol. The van der Waals surface area contributed by atoms with Crippen LogP contribution in [0, 0.1) is 0 Å². The molecule has 22 heavy (non-hydrogen) atoms. The first-order valence-electron chi connectivity index (χ1n) is 7.42. The first-order chi connectivity index (χ1) is 10.7. The fraction of sp³-hybridized carbons (Fsp3) is 0.333. The number of ether oxygens (including phenoxy) is 1. The largest absolute Gasteiger partial charge is 0.497 e. The molecule has 4 nitrogen and oxygen atoms in total. The van der Waals surface area contributed by atoms with Crippen LogP contribution in [0.15, 0.2) is 54.6 Å². The molecule has 4 heteroatoms. The van der Waals surface area contributed by atoms with Crippen molar-refractivity contribution in [1.29, 1.82) is 0 Å². The summed E-state index contributed by atoms with van der Waals surface area (Å²) in [5.41, 5.74) is 2.08. The van der Waals surface area contributed by atoms with Gasteiger partial charge in [0.05, 0.1) is 19.3 Å². The highest BCUT2D eigenvalue weighted by Gasteiger charge is 2.25. The smallest absolute Gasteiger partial charge is 0.120 e. The van der Waals surface area contributed by atoms with Gasteiger partial charge in [-0.05, 0) is 24.7 Å². The molecule has 0 aliphatic heterocycles. The van der Waals surface area contributed by atoms with Crippen molar-refractivity contribution in [3.8, 4) is 5.75 Å². The number of methoxy groups -OCH3 is 1. The predicted molar refractivity (Wildman–Crippen MR) is 90.5 cm³/mol. The molecule has 0 unspecified atom stereocenters. The summed E-state index contributed by atoms with van der Waals surface area (Å²) < 4.78 is 5.30. The number of hydrogen-bond donors (Lipinski definition) is 2. The summed E-state index contributed by atoms with van der Waals surface area (Å²) in [6.45, 7) is 0.522. The Kier molecular flexibility index (Phi) is 5.81. The summed E-state index contributed by atoms with van der Waals surface area (Å²) in [6.07, 6.45) is -0.524. The van der Waals surface area contributed by atoms with E-state index in [0.29, 0.717) is 6.54 Å². The van der Waals surface area contributed by atoms with Crippen molar-refractivity contribution >= 4 is 5.69 Å². The minimum absolute atomic E-state index is 0.138. The maximum absolute atomic E-state index is 10.6. The summed E-state index contributed by atoms with van der Waals surface area (Å²) in [6, 6.07) is 17.8. The molecule has 0 radical (unpaired) electrons. The van der Waals surface area contributed by atoms with Crippen molar-refractivity contribution in [3.63, 3.8) is 0 Å². The highest BCUT2D eigenvalue weighted by Crippen LogP contribution is 2.30. The van der Waals surface area contributed by atoms with Gasteiger partial charge in [0.15, 0.2) is 0 Å². The van der Waals surface area contributed by atoms with Crippen LogP contribution in [0.2, 0.25) is 0 Å². The van der Waals surface area contributed by atoms with Gasteiger partial charge in [-0.3, -0.25) is 0 Å². The van der Waals surface area contributed by atoms with Crippen LogP contribution >= 0.6 is 0 Å². The second kappa shape index (κ2) is 7.82. The van der Waals surface area contributed by atoms with Crippen molar-refractivity contribution in [2.24, 2.45) is 0 Å². The highest BCUT2D eigenvalue weighted by molar-refractivity contribution is 5.52. The Hall–Kier alpha value is -2.04. The third kappa shape index (κ3) is 3.78. The van der Waals surface area contributed by atoms with E-state index in [4.69, 9.17) is 4.74 Å². The normalized spacial score (nSPS) is 13.5. The Morgan fingerprint density at radius 2 is 1.86 bits per heavy atom. The van der Waals surface area contributed by atoms with Crippen molar-refractivity contribution in [2.75, 3.05) is 32.6 Å². The van der Waals surface area contributed by atoms with Crippen LogP contribution in [0.25, 0.3) is 0 Å². The third-order valence-electron chi connectivity index (χ3n) is 3.80. The predicted octanol–water partition coefficient (Wildman–Crippen LogP) is 2.45. The van der Waals surface area contributed by atoms with Crippen LogP contribution in [0.3, 0.4) is 0 Å². The van der Waals surface area contributed by atoms with Crippen LogP contribution in [0.1, 0.15) is 11.6 Å². The standard InChI is InChI=1S/C18H24N2O2/c1-19-13-17(21)18(14-8-5-4-6-9-14)20(2)15-10-7-11-16(12-15)22-3/h4-12,17-19,21H,13H2,1-3H3/t17-,18+/m1/s1. The fourth-order valence-corrected chi connectivity index (χ4v) is 2.67. The molecule has 0 aliphatic rings. The number of anilines is 1. The fourth-order valence-electron chi connectivity index (χ4n) is 2.67. The lowest BCUT2D eigenvalue weighted by molar-refractivity contribution is 0.142. The van der Waals surface area contributed by atoms with Gasteiger partial charge in [0.25, 0.3) is 0 Å². The average Bonchev–Trinajstić information content (AvgIpc) is 2.56. The summed E-state index contributed by atoms with van der Waals surface area (Å²) in [4.78, 5) is 2.08. The zero-order valence-electron chi connectivity index (χ0n) is 13.4. The SMILES string of the molecule is CNC[C@@H](O)[C@H](c1ccccc1)N(C)c1cccc(OC)c1. The second-order valence-electron chi connectivity index (χ2n) is 5.29. The van der Waals surface area contributed by atoms with E-state index in [1.807, 2.05) is 68.7 Å². The van der Waals surface area contributed by atoms with E-state index in [9.17, 15) is 5.11 Å². The molecule has 2 atom stereocenters. The Labute approximate surface area is 132 Å². The quantitative estimate of drug-likeness (QED) is 0.824. The summed E-state index contributed by atoms with van der Waals surface area (Å²) in [5.74, 6) is 0.805. The van der Waals surface area contributed by atoms with Gasteiger partial charge in [-0.25, -0.2) is 0 Å². The number of aliphatic hydroxyl groups is 1. The molecular formula is C18H24N2O2. The molecule has 118 valence electrons. The van der Waals surface area contributed by atoms with Gasteiger partial charge in [0.2, 0.25) is 0 Å². The third-order valence-corrected chi connectivity index (χ3v) is 3.80. The van der Waals surface area contributed by atoms with Gasteiger partial charge < -0.3 is 20.1 Å². The van der Waals surface area contributed by atoms with Crippen molar-refractivity contribution in [1.82, 2.24) is 5.32 Å². The molecule has 0 bridgehead atoms. The molecule has 0 amide bonds. The Balaban J connectivity index is 2.35. The monoisotopic (exact) mass is 300 g/mol. The number of nitrogens with zero attached hydrogens (tertiary/aromatic N) is 1. The highest BCUT2D eigenvalue weighted by atomic mass is 16.5. The first kappa shape index (κ1) is 16.3. The van der Waals surface area contributed by atoms with Gasteiger partial charge in [-0.1, -0.05) is 36.4 Å². The minimum atomic E-state index is -0.524. The molecule has 2 aromatic rings. The Bertz CT molecular complexity index is 574. The van der Waals surface area contributed by atoms with E-state index in [1.54, 1.807) is 7.11 Å². The van der Waals surface area contributed by atoms with Gasteiger partial charge in [-0.2, -0.15) is 0 Å². The maximum atomic E-state index is 10.6. The first-order valence-corrected chi connectivity index (χ1v) is 7.42. The van der Waals surface area contributed by atoms with Crippen LogP contribution in [-0.4, -0.2) is 39.0 Å². The van der Waals surface area contributed by atoms with Gasteiger partial charge >= 0.3 is 0 Å². The zero-order chi connectivity index (χ0) is 15.9. The number of rotatable bonds is 7. The molecule has 0 heterocycles. The molecule has 2 N–H and O–H groups in total. The van der Waals surface area contributed by atoms with Crippen molar-refractivity contribution < 1.29 is 9.84 Å². The van der Waals surface area contributed by atoms with E-state index in [2.05, 4.69) is 10.2 Å². The molecular weight excluding hydrogens is 276 g/mol. The van der Waals surface area contributed by atoms with Crippen LogP contribution in [0.5, 0.6) is 5.75 Å². The van der Waals surface area contributed by atoms with Gasteiger partial charge in [-0.15, -0.1) is 0 Å². The van der Waals surface area contributed by atoms with E-state index >= 15 is 0 Å². The lowest BCUT2D eigenvalue weighted by Crippen LogP contribution is -2.39. The number of benzene rings is 2. The molecule has 2 aromatic carbocycles. The molecule has 0 aromatic heterocycles. The number of nitrogens with one attached hydrogen (secondary N) is 1. The summed E-state index contributed by atoms with van der Waals surface area (Å²) >= 11 is 0. The number of likely N-dealkylation sites (N-methyl/N-ethyl adjacent to an activating group) is 2. The topological polar surface area (TPSA) is 44.7 Å². The molecule has 0 aliphatic carbocycles. The van der Waals surface area contributed by atoms with Crippen molar-refractivity contribution in [2.45, 2.75) is 12.1 Å². The van der Waals surface area contributed by atoms with E-state index in [-0.39, 0.29) is 6.04 Å². The van der Waals surface area contributed by atoms with E-state index in [1.165, 1.54) is 0 Å². The molecule has 0 spiro atoms. The molecule has 0 fully saturated rings. The van der Waals surface area contributed by atoms with Crippen molar-refractivity contribution in [3.05, 3.63) is 60.2 Å². The Morgan fingerprint density at radius 1 is 1.14 bits per heavy atom. The van der Waals surface area contributed by atoms with E-state index < -0.39 is 6.10 Å². The lowest BCUT2D eigenvalue weighted by atomic mass is 9.99. The number of hydrogen-bond acceptors (Lipinski definition) is 4. The van der Waals surface area contributed by atoms with Gasteiger partial charge in [0, 0.05) is 25.3 Å². The number of aliphatic hydroxyl groups excluding tert-OH is 1. The zero-order valence-corrected chi connectivity index (χ0v) is 13.4. The Morgan fingerprint density at radius 3 is 2.50 bits per heavy atom. The van der Waals surface area contributed by atoms with Crippen LogP contribution < -0.4 is 15.0 Å². The van der Waals surface area contributed by atoms with Crippen LogP contribution in [0.4, 0.5) is 5.69 Å². The maximum Gasteiger partial charge on any atom is 0.120 e. The summed E-state index contributed by atoms with van der Waals surface area (Å²) in [5, 5.41) is 13.6. The molecule has 0 saturated carbocycles.